The second kappa shape index (κ2) is 5.08. The van der Waals surface area contributed by atoms with Gasteiger partial charge in [0.2, 0.25) is 0 Å². The third kappa shape index (κ3) is 3.17. The van der Waals surface area contributed by atoms with Crippen LogP contribution < -0.4 is 10.6 Å². The van der Waals surface area contributed by atoms with Crippen molar-refractivity contribution in [1.82, 2.24) is 10.6 Å². The first-order valence-corrected chi connectivity index (χ1v) is 5.65. The normalized spacial score (nSPS) is 15.4. The van der Waals surface area contributed by atoms with Crippen molar-refractivity contribution in [1.29, 1.82) is 0 Å². The molecule has 1 aliphatic rings. The molecule has 0 unspecified atom stereocenters. The van der Waals surface area contributed by atoms with Crippen LogP contribution in [0.3, 0.4) is 0 Å². The summed E-state index contributed by atoms with van der Waals surface area (Å²) in [5.74, 6) is 1.15. The van der Waals surface area contributed by atoms with Crippen molar-refractivity contribution in [2.45, 2.75) is 12.8 Å². The van der Waals surface area contributed by atoms with Crippen LogP contribution >= 0.6 is 11.6 Å². The predicted octanol–water partition coefficient (Wildman–Crippen LogP) is 2.31. The molecule has 0 spiro atoms. The molecule has 0 saturated carbocycles. The highest BCUT2D eigenvalue weighted by Gasteiger charge is 2.01. The van der Waals surface area contributed by atoms with Gasteiger partial charge < -0.3 is 10.6 Å². The van der Waals surface area contributed by atoms with E-state index in [1.165, 1.54) is 12.0 Å². The van der Waals surface area contributed by atoms with E-state index in [2.05, 4.69) is 28.8 Å². The molecule has 2 rings (SSSR count). The molecular formula is C12H15ClN2. The first-order valence-electron chi connectivity index (χ1n) is 5.27. The minimum Gasteiger partial charge on any atom is -0.372 e. The van der Waals surface area contributed by atoms with Crippen molar-refractivity contribution >= 4 is 11.6 Å². The third-order valence-electron chi connectivity index (χ3n) is 2.44. The molecule has 0 amide bonds. The van der Waals surface area contributed by atoms with E-state index in [9.17, 15) is 0 Å². The molecule has 1 heterocycles. The Morgan fingerprint density at radius 1 is 1.13 bits per heavy atom. The van der Waals surface area contributed by atoms with Crippen LogP contribution in [0, 0.1) is 0 Å². The Kier molecular flexibility index (Phi) is 3.51. The van der Waals surface area contributed by atoms with E-state index in [4.69, 9.17) is 11.6 Å². The van der Waals surface area contributed by atoms with E-state index in [-0.39, 0.29) is 0 Å². The van der Waals surface area contributed by atoms with Gasteiger partial charge in [-0.05, 0) is 36.6 Å². The Hall–Kier alpha value is -1.15. The number of hydrogen-bond acceptors (Lipinski definition) is 2. The molecule has 15 heavy (non-hydrogen) atoms. The molecule has 1 aromatic rings. The zero-order valence-corrected chi connectivity index (χ0v) is 9.35. The van der Waals surface area contributed by atoms with Gasteiger partial charge in [-0.1, -0.05) is 23.7 Å². The number of hydrogen-bond donors (Lipinski definition) is 2. The highest BCUT2D eigenvalue weighted by molar-refractivity contribution is 6.30. The van der Waals surface area contributed by atoms with Crippen LogP contribution in [-0.2, 0) is 6.42 Å². The van der Waals surface area contributed by atoms with Crippen LogP contribution in [0.2, 0.25) is 5.02 Å². The second-order valence-electron chi connectivity index (χ2n) is 3.66. The van der Waals surface area contributed by atoms with Gasteiger partial charge in [0.25, 0.3) is 0 Å². The predicted molar refractivity (Wildman–Crippen MR) is 63.9 cm³/mol. The number of halogens is 1. The lowest BCUT2D eigenvalue weighted by molar-refractivity contribution is 0.570. The smallest absolute Gasteiger partial charge is 0.0948 e. The second-order valence-corrected chi connectivity index (χ2v) is 4.09. The Labute approximate surface area is 95.3 Å². The number of benzene rings is 1. The molecule has 1 aromatic carbocycles. The van der Waals surface area contributed by atoms with Gasteiger partial charge >= 0.3 is 0 Å². The monoisotopic (exact) mass is 222 g/mol. The van der Waals surface area contributed by atoms with Crippen LogP contribution in [0.25, 0.3) is 0 Å². The number of nitrogens with one attached hydrogen (secondary N) is 2. The van der Waals surface area contributed by atoms with Gasteiger partial charge in [-0.15, -0.1) is 0 Å². The van der Waals surface area contributed by atoms with Crippen LogP contribution in [-0.4, -0.2) is 13.1 Å². The first-order chi connectivity index (χ1) is 7.34. The van der Waals surface area contributed by atoms with Gasteiger partial charge in [-0.2, -0.15) is 0 Å². The van der Waals surface area contributed by atoms with E-state index in [1.807, 2.05) is 12.1 Å². The van der Waals surface area contributed by atoms with Gasteiger partial charge in [0, 0.05) is 18.1 Å². The van der Waals surface area contributed by atoms with Crippen molar-refractivity contribution in [3.05, 3.63) is 46.7 Å². The standard InChI is InChI=1S/C12H15ClN2/c13-11-5-2-10(3-6-11)4-7-12-14-8-1-9-15-12/h2-3,5-7,14-15H,1,4,8-9H2. The Morgan fingerprint density at radius 3 is 2.47 bits per heavy atom. The van der Waals surface area contributed by atoms with Gasteiger partial charge in [0.05, 0.1) is 5.82 Å². The molecule has 0 bridgehead atoms. The van der Waals surface area contributed by atoms with Gasteiger partial charge in [0.15, 0.2) is 0 Å². The molecule has 80 valence electrons. The molecule has 0 atom stereocenters. The summed E-state index contributed by atoms with van der Waals surface area (Å²) in [6, 6.07) is 7.97. The molecule has 1 aliphatic heterocycles. The van der Waals surface area contributed by atoms with Crippen molar-refractivity contribution < 1.29 is 0 Å². The Bertz CT molecular complexity index is 335. The quantitative estimate of drug-likeness (QED) is 0.803. The molecule has 3 heteroatoms. The summed E-state index contributed by atoms with van der Waals surface area (Å²) in [5.41, 5.74) is 1.28. The molecule has 2 nitrogen and oxygen atoms in total. The molecule has 0 aliphatic carbocycles. The van der Waals surface area contributed by atoms with Gasteiger partial charge in [-0.3, -0.25) is 0 Å². The molecular weight excluding hydrogens is 208 g/mol. The Balaban J connectivity index is 1.94. The van der Waals surface area contributed by atoms with E-state index in [0.29, 0.717) is 0 Å². The van der Waals surface area contributed by atoms with Crippen LogP contribution in [0.4, 0.5) is 0 Å². The maximum absolute atomic E-state index is 5.82. The highest BCUT2D eigenvalue weighted by atomic mass is 35.5. The zero-order valence-electron chi connectivity index (χ0n) is 8.59. The summed E-state index contributed by atoms with van der Waals surface area (Å²) in [5, 5.41) is 7.44. The minimum absolute atomic E-state index is 0.792. The first kappa shape index (κ1) is 10.4. The van der Waals surface area contributed by atoms with Crippen molar-refractivity contribution in [2.75, 3.05) is 13.1 Å². The summed E-state index contributed by atoms with van der Waals surface area (Å²) in [4.78, 5) is 0. The van der Waals surface area contributed by atoms with Crippen LogP contribution in [0.15, 0.2) is 36.2 Å². The summed E-state index contributed by atoms with van der Waals surface area (Å²) in [7, 11) is 0. The van der Waals surface area contributed by atoms with E-state index >= 15 is 0 Å². The van der Waals surface area contributed by atoms with Gasteiger partial charge in [0.1, 0.15) is 0 Å². The van der Waals surface area contributed by atoms with Crippen molar-refractivity contribution in [3.8, 4) is 0 Å². The lowest BCUT2D eigenvalue weighted by Gasteiger charge is -2.18. The highest BCUT2D eigenvalue weighted by Crippen LogP contribution is 2.10. The molecule has 1 fully saturated rings. The number of allylic oxidation sites excluding steroid dienone is 1. The number of rotatable bonds is 2. The summed E-state index contributed by atoms with van der Waals surface area (Å²) in [6.45, 7) is 2.14. The maximum Gasteiger partial charge on any atom is 0.0948 e. The zero-order chi connectivity index (χ0) is 10.5. The molecule has 0 aromatic heterocycles. The summed E-state index contributed by atoms with van der Waals surface area (Å²) >= 11 is 5.82. The molecule has 1 saturated heterocycles. The van der Waals surface area contributed by atoms with E-state index in [0.717, 1.165) is 30.4 Å². The third-order valence-corrected chi connectivity index (χ3v) is 2.69. The average molecular weight is 223 g/mol. The molecule has 0 radical (unpaired) electrons. The minimum atomic E-state index is 0.792. The SMILES string of the molecule is Clc1ccc(CC=C2NCCCN2)cc1. The fraction of sp³-hybridized carbons (Fsp3) is 0.333. The Morgan fingerprint density at radius 2 is 1.80 bits per heavy atom. The van der Waals surface area contributed by atoms with Crippen molar-refractivity contribution in [3.63, 3.8) is 0 Å². The lowest BCUT2D eigenvalue weighted by Crippen LogP contribution is -2.35. The summed E-state index contributed by atoms with van der Waals surface area (Å²) < 4.78 is 0. The maximum atomic E-state index is 5.82. The topological polar surface area (TPSA) is 24.1 Å². The van der Waals surface area contributed by atoms with Crippen molar-refractivity contribution in [2.24, 2.45) is 0 Å². The fourth-order valence-corrected chi connectivity index (χ4v) is 1.71. The summed E-state index contributed by atoms with van der Waals surface area (Å²) in [6.07, 6.45) is 4.31. The van der Waals surface area contributed by atoms with Crippen LogP contribution in [0.1, 0.15) is 12.0 Å². The molecule has 2 N–H and O–H groups in total. The van der Waals surface area contributed by atoms with E-state index < -0.39 is 0 Å². The van der Waals surface area contributed by atoms with E-state index in [1.54, 1.807) is 0 Å². The average Bonchev–Trinajstić information content (AvgIpc) is 2.30. The fourth-order valence-electron chi connectivity index (χ4n) is 1.58. The van der Waals surface area contributed by atoms with Crippen LogP contribution in [0.5, 0.6) is 0 Å². The lowest BCUT2D eigenvalue weighted by atomic mass is 10.1. The van der Waals surface area contributed by atoms with Gasteiger partial charge in [-0.25, -0.2) is 0 Å². The largest absolute Gasteiger partial charge is 0.372 e.